The smallest absolute Gasteiger partial charge is 0.328 e. The molecule has 0 radical (unpaired) electrons. The maximum Gasteiger partial charge on any atom is 0.328 e. The average Bonchev–Trinajstić information content (AvgIpc) is 2.80. The third-order valence-electron chi connectivity index (χ3n) is 3.70. The molecule has 2 aromatic rings. The Labute approximate surface area is 119 Å². The molecule has 0 saturated heterocycles. The van der Waals surface area contributed by atoms with E-state index in [9.17, 15) is 4.79 Å². The van der Waals surface area contributed by atoms with Crippen molar-refractivity contribution in [1.29, 1.82) is 0 Å². The second-order valence-corrected chi connectivity index (χ2v) is 5.30. The van der Waals surface area contributed by atoms with Crippen molar-refractivity contribution in [3.63, 3.8) is 0 Å². The van der Waals surface area contributed by atoms with Gasteiger partial charge >= 0.3 is 5.97 Å². The number of hydrogen-bond acceptors (Lipinski definition) is 1. The minimum atomic E-state index is -0.906. The Morgan fingerprint density at radius 2 is 2.15 bits per heavy atom. The topological polar surface area (TPSA) is 42.2 Å². The molecule has 0 aliphatic rings. The summed E-state index contributed by atoms with van der Waals surface area (Å²) in [5, 5.41) is 9.97. The highest BCUT2D eigenvalue weighted by molar-refractivity contribution is 5.91. The molecule has 1 aromatic carbocycles. The van der Waals surface area contributed by atoms with Gasteiger partial charge in [0.25, 0.3) is 0 Å². The highest BCUT2D eigenvalue weighted by atomic mass is 16.4. The van der Waals surface area contributed by atoms with Crippen LogP contribution in [0.1, 0.15) is 45.2 Å². The molecule has 106 valence electrons. The zero-order valence-corrected chi connectivity index (χ0v) is 12.3. The van der Waals surface area contributed by atoms with Crippen molar-refractivity contribution < 1.29 is 9.90 Å². The molecule has 0 bridgehead atoms. The van der Waals surface area contributed by atoms with Crippen LogP contribution in [-0.4, -0.2) is 15.6 Å². The first-order chi connectivity index (χ1) is 9.52. The van der Waals surface area contributed by atoms with Crippen molar-refractivity contribution >= 4 is 22.4 Å². The summed E-state index contributed by atoms with van der Waals surface area (Å²) in [4.78, 5) is 10.7. The highest BCUT2D eigenvalue weighted by Crippen LogP contribution is 2.26. The van der Waals surface area contributed by atoms with Crippen molar-refractivity contribution in [3.05, 3.63) is 42.1 Å². The second kappa shape index (κ2) is 5.95. The van der Waals surface area contributed by atoms with Crippen molar-refractivity contribution in [1.82, 2.24) is 4.57 Å². The molecule has 2 rings (SSSR count). The molecule has 0 saturated carbocycles. The summed E-state index contributed by atoms with van der Waals surface area (Å²) < 4.78 is 2.29. The van der Waals surface area contributed by atoms with Crippen LogP contribution in [-0.2, 0) is 4.79 Å². The fourth-order valence-corrected chi connectivity index (χ4v) is 2.62. The largest absolute Gasteiger partial charge is 0.478 e. The molecule has 3 nitrogen and oxygen atoms in total. The number of nitrogens with zero attached hydrogens (tertiary/aromatic N) is 1. The quantitative estimate of drug-likeness (QED) is 0.814. The summed E-state index contributed by atoms with van der Waals surface area (Å²) in [5.74, 6) is -0.906. The third kappa shape index (κ3) is 2.93. The first-order valence-corrected chi connectivity index (χ1v) is 7.05. The van der Waals surface area contributed by atoms with Gasteiger partial charge in [0.15, 0.2) is 0 Å². The molecule has 1 atom stereocenters. The van der Waals surface area contributed by atoms with E-state index < -0.39 is 5.97 Å². The Morgan fingerprint density at radius 3 is 2.80 bits per heavy atom. The summed E-state index contributed by atoms with van der Waals surface area (Å²) in [6.45, 7) is 6.25. The highest BCUT2D eigenvalue weighted by Gasteiger charge is 2.08. The van der Waals surface area contributed by atoms with E-state index >= 15 is 0 Å². The molecule has 0 aliphatic heterocycles. The molecule has 3 heteroatoms. The van der Waals surface area contributed by atoms with E-state index in [-0.39, 0.29) is 0 Å². The van der Waals surface area contributed by atoms with Gasteiger partial charge in [-0.25, -0.2) is 4.79 Å². The van der Waals surface area contributed by atoms with Crippen LogP contribution in [0.4, 0.5) is 0 Å². The van der Waals surface area contributed by atoms with Crippen LogP contribution in [0.5, 0.6) is 0 Å². The van der Waals surface area contributed by atoms with Crippen LogP contribution in [0.25, 0.3) is 16.5 Å². The van der Waals surface area contributed by atoms with Gasteiger partial charge in [0, 0.05) is 29.2 Å². The molecule has 1 aromatic heterocycles. The first-order valence-electron chi connectivity index (χ1n) is 7.05. The number of carbonyl (C=O) groups is 1. The number of benzene rings is 1. The van der Waals surface area contributed by atoms with Gasteiger partial charge < -0.3 is 9.67 Å². The summed E-state index contributed by atoms with van der Waals surface area (Å²) in [7, 11) is 0. The van der Waals surface area contributed by atoms with Gasteiger partial charge in [-0.15, -0.1) is 0 Å². The van der Waals surface area contributed by atoms with Crippen molar-refractivity contribution in [2.24, 2.45) is 0 Å². The molecule has 1 unspecified atom stereocenters. The van der Waals surface area contributed by atoms with E-state index in [0.717, 1.165) is 22.9 Å². The Hall–Kier alpha value is -2.03. The van der Waals surface area contributed by atoms with Gasteiger partial charge in [0.2, 0.25) is 0 Å². The van der Waals surface area contributed by atoms with Crippen LogP contribution < -0.4 is 0 Å². The summed E-state index contributed by atoms with van der Waals surface area (Å²) in [6.07, 6.45) is 5.69. The molecular formula is C17H21NO2. The molecule has 0 amide bonds. The summed E-state index contributed by atoms with van der Waals surface area (Å²) in [5.41, 5.74) is 2.94. The Kier molecular flexibility index (Phi) is 4.28. The van der Waals surface area contributed by atoms with E-state index in [4.69, 9.17) is 5.11 Å². The van der Waals surface area contributed by atoms with Crippen LogP contribution in [0, 0.1) is 0 Å². The lowest BCUT2D eigenvalue weighted by molar-refractivity contribution is -0.131. The number of carboxylic acids is 1. The zero-order chi connectivity index (χ0) is 14.7. The lowest BCUT2D eigenvalue weighted by Gasteiger charge is -2.14. The van der Waals surface area contributed by atoms with Gasteiger partial charge in [0.05, 0.1) is 0 Å². The van der Waals surface area contributed by atoms with Crippen molar-refractivity contribution in [2.45, 2.75) is 39.7 Å². The second-order valence-electron chi connectivity index (χ2n) is 5.30. The van der Waals surface area contributed by atoms with Crippen molar-refractivity contribution in [2.75, 3.05) is 0 Å². The fourth-order valence-electron chi connectivity index (χ4n) is 2.62. The van der Waals surface area contributed by atoms with Gasteiger partial charge in [-0.2, -0.15) is 0 Å². The molecule has 1 heterocycles. The normalized spacial score (nSPS) is 13.7. The van der Waals surface area contributed by atoms with E-state index in [0.29, 0.717) is 6.04 Å². The number of carboxylic acid groups (broad SMARTS) is 1. The molecule has 20 heavy (non-hydrogen) atoms. The predicted octanol–water partition coefficient (Wildman–Crippen LogP) is 4.49. The average molecular weight is 271 g/mol. The molecular weight excluding hydrogens is 250 g/mol. The number of aliphatic carboxylic acids is 1. The number of rotatable bonds is 5. The number of hydrogen-bond donors (Lipinski definition) is 1. The minimum absolute atomic E-state index is 0.485. The minimum Gasteiger partial charge on any atom is -0.478 e. The summed E-state index contributed by atoms with van der Waals surface area (Å²) >= 11 is 0. The fraction of sp³-hybridized carbons (Fsp3) is 0.353. The van der Waals surface area contributed by atoms with Gasteiger partial charge in [-0.1, -0.05) is 19.4 Å². The van der Waals surface area contributed by atoms with Crippen LogP contribution in [0.3, 0.4) is 0 Å². The SMILES string of the molecule is CCCC(C)n1ccc2cc(/C(C)=C/C(=O)O)ccc21. The van der Waals surface area contributed by atoms with E-state index in [2.05, 4.69) is 42.8 Å². The summed E-state index contributed by atoms with van der Waals surface area (Å²) in [6, 6.07) is 8.71. The molecule has 1 N–H and O–H groups in total. The standard InChI is InChI=1S/C17H21NO2/c1-4-5-13(3)18-9-8-15-11-14(6-7-16(15)18)12(2)10-17(19)20/h6-11,13H,4-5H2,1-3H3,(H,19,20)/b12-10+. The zero-order valence-electron chi connectivity index (χ0n) is 12.3. The molecule has 0 spiro atoms. The van der Waals surface area contributed by atoms with E-state index in [1.54, 1.807) is 0 Å². The van der Waals surface area contributed by atoms with E-state index in [1.165, 1.54) is 18.0 Å². The predicted molar refractivity (Wildman–Crippen MR) is 82.8 cm³/mol. The van der Waals surface area contributed by atoms with Gasteiger partial charge in [-0.05, 0) is 49.6 Å². The van der Waals surface area contributed by atoms with Gasteiger partial charge in [0.1, 0.15) is 0 Å². The number of fused-ring (bicyclic) bond motifs is 1. The van der Waals surface area contributed by atoms with Crippen LogP contribution >= 0.6 is 0 Å². The lowest BCUT2D eigenvalue weighted by atomic mass is 10.1. The number of aromatic nitrogens is 1. The number of allylic oxidation sites excluding steroid dienone is 1. The Morgan fingerprint density at radius 1 is 1.40 bits per heavy atom. The lowest BCUT2D eigenvalue weighted by Crippen LogP contribution is -2.02. The van der Waals surface area contributed by atoms with E-state index in [1.807, 2.05) is 13.0 Å². The molecule has 0 fully saturated rings. The Bertz CT molecular complexity index is 652. The van der Waals surface area contributed by atoms with Gasteiger partial charge in [-0.3, -0.25) is 0 Å². The van der Waals surface area contributed by atoms with Crippen LogP contribution in [0.15, 0.2) is 36.5 Å². The maximum atomic E-state index is 10.7. The maximum absolute atomic E-state index is 10.7. The van der Waals surface area contributed by atoms with Crippen molar-refractivity contribution in [3.8, 4) is 0 Å². The monoisotopic (exact) mass is 271 g/mol. The Balaban J connectivity index is 2.40. The molecule has 0 aliphatic carbocycles. The van der Waals surface area contributed by atoms with Crippen LogP contribution in [0.2, 0.25) is 0 Å². The third-order valence-corrected chi connectivity index (χ3v) is 3.70. The first kappa shape index (κ1) is 14.4.